The minimum atomic E-state index is -1.13. The number of amides is 1. The maximum atomic E-state index is 14.0. The number of carbonyl (C=O) groups excluding carboxylic acids is 1. The minimum Gasteiger partial charge on any atom is -0.340 e. The predicted molar refractivity (Wildman–Crippen MR) is 105 cm³/mol. The summed E-state index contributed by atoms with van der Waals surface area (Å²) < 4.78 is 45.0. The van der Waals surface area contributed by atoms with Gasteiger partial charge < -0.3 is 20.1 Å². The highest BCUT2D eigenvalue weighted by atomic mass is 19.2. The zero-order valence-corrected chi connectivity index (χ0v) is 16.6. The third-order valence-corrected chi connectivity index (χ3v) is 5.88. The molecule has 0 unspecified atom stereocenters. The number of alkyl halides is 1. The lowest BCUT2D eigenvalue weighted by Gasteiger charge is -2.34. The van der Waals surface area contributed by atoms with Crippen LogP contribution < -0.4 is 10.6 Å². The molecule has 1 fully saturated rings. The van der Waals surface area contributed by atoms with Crippen molar-refractivity contribution >= 4 is 22.9 Å². The highest BCUT2D eigenvalue weighted by molar-refractivity contribution is 5.83. The van der Waals surface area contributed by atoms with Crippen molar-refractivity contribution in [2.45, 2.75) is 38.3 Å². The van der Waals surface area contributed by atoms with Crippen LogP contribution in [0.2, 0.25) is 0 Å². The van der Waals surface area contributed by atoms with Gasteiger partial charge in [-0.25, -0.2) is 27.8 Å². The van der Waals surface area contributed by atoms with E-state index in [4.69, 9.17) is 5.73 Å². The molecule has 0 radical (unpaired) electrons. The Bertz CT molecular complexity index is 1140. The molecule has 0 saturated carbocycles. The van der Waals surface area contributed by atoms with Gasteiger partial charge in [0.2, 0.25) is 11.9 Å². The SMILES string of the molecule is N[C@@H]1CN(c2nc3cc(F)c(F)cc3n2CC(=O)N2CCn3ncnc3C2)CC[C@H]1F. The molecule has 164 valence electrons. The number of halogens is 3. The summed E-state index contributed by atoms with van der Waals surface area (Å²) in [6, 6.07) is 1.32. The molecule has 2 N–H and O–H groups in total. The van der Waals surface area contributed by atoms with E-state index in [1.807, 2.05) is 0 Å². The van der Waals surface area contributed by atoms with Gasteiger partial charge >= 0.3 is 0 Å². The lowest BCUT2D eigenvalue weighted by atomic mass is 10.1. The molecule has 0 spiro atoms. The Morgan fingerprint density at radius 2 is 2.00 bits per heavy atom. The van der Waals surface area contributed by atoms with Gasteiger partial charge in [-0.15, -0.1) is 0 Å². The number of fused-ring (bicyclic) bond motifs is 2. The molecule has 9 nitrogen and oxygen atoms in total. The van der Waals surface area contributed by atoms with Gasteiger partial charge in [0.15, 0.2) is 11.6 Å². The molecule has 2 atom stereocenters. The quantitative estimate of drug-likeness (QED) is 0.656. The van der Waals surface area contributed by atoms with E-state index in [0.717, 1.165) is 12.1 Å². The standard InChI is InChI=1S/C19H21F3N8O/c20-11-1-2-28(7-14(11)23)19-26-15-5-12(21)13(22)6-16(15)29(19)9-18(31)27-3-4-30-17(8-27)24-10-25-30/h5-6,10-11,14H,1-4,7-9,23H2/t11-,14-/m1/s1. The van der Waals surface area contributed by atoms with Gasteiger partial charge in [0.05, 0.1) is 30.2 Å². The molecule has 5 rings (SSSR count). The van der Waals surface area contributed by atoms with Gasteiger partial charge in [-0.05, 0) is 6.42 Å². The Hall–Kier alpha value is -3.15. The molecular weight excluding hydrogens is 413 g/mol. The second-order valence-corrected chi connectivity index (χ2v) is 7.88. The van der Waals surface area contributed by atoms with Crippen molar-refractivity contribution in [2.24, 2.45) is 5.73 Å². The van der Waals surface area contributed by atoms with Crippen LogP contribution in [0.25, 0.3) is 11.0 Å². The van der Waals surface area contributed by atoms with Gasteiger partial charge in [0.1, 0.15) is 24.9 Å². The molecule has 12 heteroatoms. The van der Waals surface area contributed by atoms with Crippen molar-refractivity contribution in [3.05, 3.63) is 35.9 Å². The summed E-state index contributed by atoms with van der Waals surface area (Å²) in [5.41, 5.74) is 6.40. The third kappa shape index (κ3) is 3.50. The van der Waals surface area contributed by atoms with E-state index in [1.165, 1.54) is 6.33 Å². The summed E-state index contributed by atoms with van der Waals surface area (Å²) in [6.07, 6.45) is 0.527. The molecule has 31 heavy (non-hydrogen) atoms. The lowest BCUT2D eigenvalue weighted by Crippen LogP contribution is -2.50. The smallest absolute Gasteiger partial charge is 0.243 e. The molecule has 2 aliphatic heterocycles. The van der Waals surface area contributed by atoms with Crippen LogP contribution in [-0.4, -0.2) is 67.0 Å². The van der Waals surface area contributed by atoms with E-state index >= 15 is 0 Å². The number of piperidine rings is 1. The van der Waals surface area contributed by atoms with Crippen molar-refractivity contribution < 1.29 is 18.0 Å². The molecule has 3 aromatic rings. The van der Waals surface area contributed by atoms with E-state index in [1.54, 1.807) is 19.0 Å². The summed E-state index contributed by atoms with van der Waals surface area (Å²) in [7, 11) is 0. The molecule has 2 aliphatic rings. The summed E-state index contributed by atoms with van der Waals surface area (Å²) in [5, 5.41) is 4.10. The number of hydrogen-bond acceptors (Lipinski definition) is 6. The van der Waals surface area contributed by atoms with Crippen LogP contribution >= 0.6 is 0 Å². The number of imidazole rings is 1. The van der Waals surface area contributed by atoms with E-state index in [0.29, 0.717) is 43.5 Å². The van der Waals surface area contributed by atoms with Gasteiger partial charge in [0, 0.05) is 31.8 Å². The van der Waals surface area contributed by atoms with E-state index in [-0.39, 0.29) is 30.9 Å². The Morgan fingerprint density at radius 3 is 2.81 bits per heavy atom. The molecule has 0 aliphatic carbocycles. The van der Waals surface area contributed by atoms with E-state index in [9.17, 15) is 18.0 Å². The van der Waals surface area contributed by atoms with Gasteiger partial charge in [-0.3, -0.25) is 4.79 Å². The summed E-state index contributed by atoms with van der Waals surface area (Å²) >= 11 is 0. The first-order chi connectivity index (χ1) is 14.9. The Balaban J connectivity index is 1.49. The van der Waals surface area contributed by atoms with Crippen molar-refractivity contribution in [3.63, 3.8) is 0 Å². The molecule has 1 aromatic carbocycles. The predicted octanol–water partition coefficient (Wildman–Crippen LogP) is 0.824. The zero-order chi connectivity index (χ0) is 21.7. The number of carbonyl (C=O) groups is 1. The number of rotatable bonds is 3. The molecule has 2 aromatic heterocycles. The van der Waals surface area contributed by atoms with Crippen LogP contribution in [0.5, 0.6) is 0 Å². The average Bonchev–Trinajstić information content (AvgIpc) is 3.35. The van der Waals surface area contributed by atoms with E-state index in [2.05, 4.69) is 15.1 Å². The number of anilines is 1. The first-order valence-corrected chi connectivity index (χ1v) is 10.0. The normalized spacial score (nSPS) is 21.5. The summed E-state index contributed by atoms with van der Waals surface area (Å²) in [5.74, 6) is -1.25. The highest BCUT2D eigenvalue weighted by Crippen LogP contribution is 2.28. The van der Waals surface area contributed by atoms with Crippen molar-refractivity contribution in [3.8, 4) is 0 Å². The molecule has 0 bridgehead atoms. The third-order valence-electron chi connectivity index (χ3n) is 5.88. The number of nitrogens with zero attached hydrogens (tertiary/aromatic N) is 7. The molecule has 1 saturated heterocycles. The average molecular weight is 434 g/mol. The second-order valence-electron chi connectivity index (χ2n) is 7.88. The van der Waals surface area contributed by atoms with Gasteiger partial charge in [-0.2, -0.15) is 5.10 Å². The first-order valence-electron chi connectivity index (χ1n) is 10.0. The zero-order valence-electron chi connectivity index (χ0n) is 16.6. The number of hydrogen-bond donors (Lipinski definition) is 1. The number of nitrogens with two attached hydrogens (primary N) is 1. The van der Waals surface area contributed by atoms with Crippen LogP contribution in [0.3, 0.4) is 0 Å². The largest absolute Gasteiger partial charge is 0.340 e. The fourth-order valence-corrected chi connectivity index (χ4v) is 4.15. The van der Waals surface area contributed by atoms with Gasteiger partial charge in [-0.1, -0.05) is 0 Å². The van der Waals surface area contributed by atoms with Crippen LogP contribution in [0.1, 0.15) is 12.2 Å². The first kappa shape index (κ1) is 19.8. The van der Waals surface area contributed by atoms with E-state index < -0.39 is 23.8 Å². The van der Waals surface area contributed by atoms with Gasteiger partial charge in [0.25, 0.3) is 0 Å². The van der Waals surface area contributed by atoms with Crippen LogP contribution in [0, 0.1) is 11.6 Å². The fourth-order valence-electron chi connectivity index (χ4n) is 4.15. The Morgan fingerprint density at radius 1 is 1.19 bits per heavy atom. The Kier molecular flexibility index (Phi) is 4.80. The number of aromatic nitrogens is 5. The minimum absolute atomic E-state index is 0.129. The maximum Gasteiger partial charge on any atom is 0.243 e. The maximum absolute atomic E-state index is 14.0. The summed E-state index contributed by atoms with van der Waals surface area (Å²) in [4.78, 5) is 25.1. The molecule has 1 amide bonds. The fraction of sp³-hybridized carbons (Fsp3) is 0.474. The van der Waals surface area contributed by atoms with Crippen molar-refractivity contribution in [2.75, 3.05) is 24.5 Å². The molecular formula is C19H21F3N8O. The molecule has 4 heterocycles. The van der Waals surface area contributed by atoms with Crippen LogP contribution in [0.15, 0.2) is 18.5 Å². The summed E-state index contributed by atoms with van der Waals surface area (Å²) in [6.45, 7) is 1.69. The van der Waals surface area contributed by atoms with Crippen LogP contribution in [-0.2, 0) is 24.4 Å². The van der Waals surface area contributed by atoms with Crippen molar-refractivity contribution in [1.82, 2.24) is 29.2 Å². The van der Waals surface area contributed by atoms with Crippen LogP contribution in [0.4, 0.5) is 19.1 Å². The lowest BCUT2D eigenvalue weighted by molar-refractivity contribution is -0.133. The number of benzene rings is 1. The second kappa shape index (κ2) is 7.52. The Labute approximate surface area is 175 Å². The monoisotopic (exact) mass is 434 g/mol. The van der Waals surface area contributed by atoms with Crippen molar-refractivity contribution in [1.29, 1.82) is 0 Å². The topological polar surface area (TPSA) is 98.1 Å². The highest BCUT2D eigenvalue weighted by Gasteiger charge is 2.31.